The molecule has 0 bridgehead atoms. The van der Waals surface area contributed by atoms with Gasteiger partial charge in [-0.2, -0.15) is 0 Å². The van der Waals surface area contributed by atoms with Crippen LogP contribution in [0.1, 0.15) is 5.56 Å². The van der Waals surface area contributed by atoms with Gasteiger partial charge in [0.05, 0.1) is 22.6 Å². The molecular weight excluding hydrogens is 453 g/mol. The number of nitro groups is 1. The van der Waals surface area contributed by atoms with E-state index >= 15 is 0 Å². The number of rotatable bonds is 8. The molecule has 0 aromatic heterocycles. The molecule has 3 aromatic carbocycles. The van der Waals surface area contributed by atoms with Gasteiger partial charge in [0.25, 0.3) is 15.7 Å². The summed E-state index contributed by atoms with van der Waals surface area (Å²) in [5, 5.41) is 13.3. The Morgan fingerprint density at radius 2 is 1.73 bits per heavy atom. The minimum atomic E-state index is -4.04. The highest BCUT2D eigenvalue weighted by atomic mass is 32.2. The molecule has 0 spiro atoms. The molecule has 3 rings (SSSR count). The molecule has 3 aromatic rings. The molecule has 0 heterocycles. The average molecular weight is 471 g/mol. The van der Waals surface area contributed by atoms with Crippen LogP contribution in [0.2, 0.25) is 0 Å². The molecule has 9 nitrogen and oxygen atoms in total. The number of ether oxygens (including phenoxy) is 1. The van der Waals surface area contributed by atoms with Gasteiger partial charge in [0, 0.05) is 23.9 Å². The molecular formula is C22H18FN3O6S. The van der Waals surface area contributed by atoms with Crippen LogP contribution in [0, 0.1) is 15.9 Å². The highest BCUT2D eigenvalue weighted by Crippen LogP contribution is 2.30. The first-order valence-corrected chi connectivity index (χ1v) is 10.9. The van der Waals surface area contributed by atoms with Crippen LogP contribution in [0.15, 0.2) is 77.7 Å². The molecule has 0 unspecified atom stereocenters. The zero-order chi connectivity index (χ0) is 24.0. The first-order valence-electron chi connectivity index (χ1n) is 9.38. The number of non-ortho nitro benzene ring substituents is 1. The summed E-state index contributed by atoms with van der Waals surface area (Å²) in [6.07, 6.45) is 2.70. The van der Waals surface area contributed by atoms with Gasteiger partial charge in [-0.1, -0.05) is 0 Å². The molecule has 0 aliphatic carbocycles. The van der Waals surface area contributed by atoms with Gasteiger partial charge >= 0.3 is 0 Å². The van der Waals surface area contributed by atoms with Crippen molar-refractivity contribution in [2.24, 2.45) is 0 Å². The van der Waals surface area contributed by atoms with Crippen molar-refractivity contribution in [2.75, 3.05) is 17.1 Å². The van der Waals surface area contributed by atoms with Crippen molar-refractivity contribution in [2.45, 2.75) is 4.90 Å². The molecule has 0 fully saturated rings. The number of nitrogens with one attached hydrogen (secondary N) is 2. The summed E-state index contributed by atoms with van der Waals surface area (Å²) in [4.78, 5) is 22.3. The molecule has 170 valence electrons. The summed E-state index contributed by atoms with van der Waals surface area (Å²) in [7, 11) is -2.68. The number of sulfonamides is 1. The molecule has 0 saturated carbocycles. The number of benzene rings is 3. The lowest BCUT2D eigenvalue weighted by molar-refractivity contribution is -0.384. The Labute approximate surface area is 188 Å². The van der Waals surface area contributed by atoms with Crippen molar-refractivity contribution in [3.8, 4) is 5.75 Å². The number of hydrogen-bond acceptors (Lipinski definition) is 6. The number of carbonyl (C=O) groups excluding carboxylic acids is 1. The van der Waals surface area contributed by atoms with E-state index in [1.54, 1.807) is 0 Å². The van der Waals surface area contributed by atoms with Crippen LogP contribution >= 0.6 is 0 Å². The summed E-state index contributed by atoms with van der Waals surface area (Å²) in [6, 6.07) is 14.3. The van der Waals surface area contributed by atoms with Crippen LogP contribution < -0.4 is 14.8 Å². The maximum absolute atomic E-state index is 13.1. The largest absolute Gasteiger partial charge is 0.495 e. The van der Waals surface area contributed by atoms with Crippen molar-refractivity contribution >= 4 is 39.1 Å². The van der Waals surface area contributed by atoms with E-state index in [9.17, 15) is 27.7 Å². The second kappa shape index (κ2) is 9.92. The van der Waals surface area contributed by atoms with Gasteiger partial charge in [-0.3, -0.25) is 19.6 Å². The maximum Gasteiger partial charge on any atom is 0.269 e. The number of hydrogen-bond donors (Lipinski definition) is 2. The third-order valence-corrected chi connectivity index (χ3v) is 5.75. The molecule has 33 heavy (non-hydrogen) atoms. The van der Waals surface area contributed by atoms with Gasteiger partial charge < -0.3 is 10.1 Å². The Morgan fingerprint density at radius 1 is 1.06 bits per heavy atom. The lowest BCUT2D eigenvalue weighted by atomic mass is 10.2. The fourth-order valence-electron chi connectivity index (χ4n) is 2.75. The number of anilines is 2. The van der Waals surface area contributed by atoms with Gasteiger partial charge in [0.2, 0.25) is 5.91 Å². The van der Waals surface area contributed by atoms with Gasteiger partial charge in [-0.05, 0) is 66.2 Å². The quantitative estimate of drug-likeness (QED) is 0.288. The minimum Gasteiger partial charge on any atom is -0.495 e. The first kappa shape index (κ1) is 23.4. The van der Waals surface area contributed by atoms with E-state index in [4.69, 9.17) is 4.74 Å². The second-order valence-corrected chi connectivity index (χ2v) is 8.33. The van der Waals surface area contributed by atoms with Crippen LogP contribution in [0.25, 0.3) is 6.08 Å². The molecule has 2 N–H and O–H groups in total. The van der Waals surface area contributed by atoms with Crippen molar-refractivity contribution in [3.05, 3.63) is 94.3 Å². The molecule has 0 aliphatic rings. The van der Waals surface area contributed by atoms with Crippen LogP contribution in [0.3, 0.4) is 0 Å². The zero-order valence-corrected chi connectivity index (χ0v) is 18.0. The summed E-state index contributed by atoms with van der Waals surface area (Å²) in [6.45, 7) is 0. The van der Waals surface area contributed by atoms with Crippen LogP contribution in [-0.2, 0) is 14.8 Å². The fraction of sp³-hybridized carbons (Fsp3) is 0.0455. The Morgan fingerprint density at radius 3 is 2.33 bits per heavy atom. The third-order valence-electron chi connectivity index (χ3n) is 4.37. The topological polar surface area (TPSA) is 128 Å². The Hall–Kier alpha value is -4.25. The van der Waals surface area contributed by atoms with Crippen molar-refractivity contribution < 1.29 is 27.3 Å². The highest BCUT2D eigenvalue weighted by Gasteiger charge is 2.17. The Balaban J connectivity index is 1.75. The van der Waals surface area contributed by atoms with Gasteiger partial charge in [0.15, 0.2) is 0 Å². The standard InChI is InChI=1S/C22H18FN3O6S/c1-32-21-12-7-17(14-20(21)25-33(30,31)19-10-5-16(23)6-11-19)24-22(27)13-4-15-2-8-18(9-3-15)26(28)29/h2-14,25H,1H3,(H,24,27)/b13-4+. The van der Waals surface area contributed by atoms with E-state index in [0.29, 0.717) is 5.56 Å². The lowest BCUT2D eigenvalue weighted by Crippen LogP contribution is -2.14. The molecule has 0 atom stereocenters. The van der Waals surface area contributed by atoms with Crippen molar-refractivity contribution in [1.82, 2.24) is 0 Å². The van der Waals surface area contributed by atoms with E-state index in [2.05, 4.69) is 10.0 Å². The smallest absolute Gasteiger partial charge is 0.269 e. The number of amides is 1. The predicted octanol–water partition coefficient (Wildman–Crippen LogP) is 4.20. The summed E-state index contributed by atoms with van der Waals surface area (Å²) in [5.41, 5.74) is 0.869. The highest BCUT2D eigenvalue weighted by molar-refractivity contribution is 7.92. The molecule has 0 radical (unpaired) electrons. The van der Waals surface area contributed by atoms with E-state index in [-0.39, 0.29) is 27.7 Å². The van der Waals surface area contributed by atoms with Gasteiger partial charge in [-0.15, -0.1) is 0 Å². The molecule has 11 heteroatoms. The van der Waals surface area contributed by atoms with E-state index < -0.39 is 26.7 Å². The fourth-order valence-corrected chi connectivity index (χ4v) is 3.81. The van der Waals surface area contributed by atoms with E-state index in [0.717, 1.165) is 24.3 Å². The molecule has 0 aliphatic heterocycles. The SMILES string of the molecule is COc1ccc(NC(=O)/C=C/c2ccc([N+](=O)[O-])cc2)cc1NS(=O)(=O)c1ccc(F)cc1. The number of nitro benzene ring substituents is 1. The van der Waals surface area contributed by atoms with Crippen LogP contribution in [0.4, 0.5) is 21.5 Å². The normalized spacial score (nSPS) is 11.2. The zero-order valence-electron chi connectivity index (χ0n) is 17.2. The van der Waals surface area contributed by atoms with E-state index in [1.165, 1.54) is 61.7 Å². The third kappa shape index (κ3) is 6.14. The predicted molar refractivity (Wildman–Crippen MR) is 121 cm³/mol. The minimum absolute atomic E-state index is 0.0644. The Kier molecular flexibility index (Phi) is 7.04. The average Bonchev–Trinajstić information content (AvgIpc) is 2.78. The Bertz CT molecular complexity index is 1310. The van der Waals surface area contributed by atoms with E-state index in [1.807, 2.05) is 0 Å². The maximum atomic E-state index is 13.1. The van der Waals surface area contributed by atoms with Gasteiger partial charge in [0.1, 0.15) is 11.6 Å². The second-order valence-electron chi connectivity index (χ2n) is 6.65. The first-order chi connectivity index (χ1) is 15.7. The molecule has 0 saturated heterocycles. The lowest BCUT2D eigenvalue weighted by Gasteiger charge is -2.13. The summed E-state index contributed by atoms with van der Waals surface area (Å²) >= 11 is 0. The monoisotopic (exact) mass is 471 g/mol. The van der Waals surface area contributed by atoms with Crippen LogP contribution in [-0.4, -0.2) is 26.4 Å². The number of methoxy groups -OCH3 is 1. The van der Waals surface area contributed by atoms with Crippen molar-refractivity contribution in [3.63, 3.8) is 0 Å². The van der Waals surface area contributed by atoms with Crippen LogP contribution in [0.5, 0.6) is 5.75 Å². The summed E-state index contributed by atoms with van der Waals surface area (Å²) in [5.74, 6) is -0.871. The van der Waals surface area contributed by atoms with Crippen molar-refractivity contribution in [1.29, 1.82) is 0 Å². The summed E-state index contributed by atoms with van der Waals surface area (Å²) < 4.78 is 45.9. The molecule has 1 amide bonds. The number of nitrogens with zero attached hydrogens (tertiary/aromatic N) is 1. The van der Waals surface area contributed by atoms with Gasteiger partial charge in [-0.25, -0.2) is 12.8 Å². The number of carbonyl (C=O) groups is 1. The number of halogens is 1.